The highest BCUT2D eigenvalue weighted by Crippen LogP contribution is 2.31. The van der Waals surface area contributed by atoms with Crippen LogP contribution in [0.4, 0.5) is 0 Å². The fraction of sp³-hybridized carbons (Fsp3) is 0.231. The van der Waals surface area contributed by atoms with E-state index in [9.17, 15) is 28.4 Å². The van der Waals surface area contributed by atoms with E-state index in [-0.39, 0.29) is 29.3 Å². The smallest absolute Gasteiger partial charge is 0.237 e. The Morgan fingerprint density at radius 2 is 1.21 bits per heavy atom. The van der Waals surface area contributed by atoms with Crippen molar-refractivity contribution in [2.45, 2.75) is 42.4 Å². The van der Waals surface area contributed by atoms with Gasteiger partial charge < -0.3 is 5.21 Å². The Bertz CT molecular complexity index is 1170. The average Bonchev–Trinajstić information content (AvgIpc) is 2.84. The first-order valence-electron chi connectivity index (χ1n) is 10.9. The Hall–Kier alpha value is -3.17. The van der Waals surface area contributed by atoms with Gasteiger partial charge >= 0.3 is 0 Å². The highest BCUT2D eigenvalue weighted by atomic mass is 32.2. The number of ketones is 2. The van der Waals surface area contributed by atoms with Gasteiger partial charge in [0.05, 0.1) is 4.90 Å². The van der Waals surface area contributed by atoms with Crippen LogP contribution < -0.4 is 5.23 Å². The van der Waals surface area contributed by atoms with Gasteiger partial charge in [-0.05, 0) is 19.1 Å². The summed E-state index contributed by atoms with van der Waals surface area (Å²) in [7, 11) is -4.44. The third-order valence-electron chi connectivity index (χ3n) is 5.94. The van der Waals surface area contributed by atoms with E-state index in [0.717, 1.165) is 5.56 Å². The third-order valence-corrected chi connectivity index (χ3v) is 8.44. The maximum absolute atomic E-state index is 13.7. The molecule has 1 unspecified atom stereocenters. The van der Waals surface area contributed by atoms with E-state index in [0.29, 0.717) is 11.1 Å². The highest BCUT2D eigenvalue weighted by molar-refractivity contribution is 7.92. The number of aryl methyl sites for hydroxylation is 1. The molecule has 0 bridgehead atoms. The fourth-order valence-corrected chi connectivity index (χ4v) is 5.75. The molecule has 178 valence electrons. The minimum absolute atomic E-state index is 0.153. The van der Waals surface area contributed by atoms with Crippen LogP contribution in [0.2, 0.25) is 0 Å². The number of nitrogens with one attached hydrogen (secondary N) is 1. The molecule has 8 heteroatoms. The Morgan fingerprint density at radius 1 is 0.794 bits per heavy atom. The molecule has 0 aliphatic rings. The number of sulfone groups is 1. The molecule has 0 saturated carbocycles. The predicted molar refractivity (Wildman–Crippen MR) is 127 cm³/mol. The second-order valence-corrected chi connectivity index (χ2v) is 10.5. The topological polar surface area (TPSA) is 116 Å². The van der Waals surface area contributed by atoms with Crippen LogP contribution >= 0.6 is 0 Å². The first-order chi connectivity index (χ1) is 16.2. The summed E-state index contributed by atoms with van der Waals surface area (Å²) in [5, 5.41) is 21.3. The normalized spacial score (nSPS) is 12.8. The minimum Gasteiger partial charge on any atom is -0.599 e. The Morgan fingerprint density at radius 3 is 1.59 bits per heavy atom. The van der Waals surface area contributed by atoms with Crippen LogP contribution in [-0.2, 0) is 9.84 Å². The monoisotopic (exact) mass is 481 g/mol. The number of benzene rings is 3. The maximum Gasteiger partial charge on any atom is 0.237 e. The second-order valence-electron chi connectivity index (χ2n) is 8.19. The lowest BCUT2D eigenvalue weighted by atomic mass is 9.97. The van der Waals surface area contributed by atoms with Crippen molar-refractivity contribution < 1.29 is 28.4 Å². The molecule has 0 spiro atoms. The van der Waals surface area contributed by atoms with Crippen molar-refractivity contribution >= 4 is 21.4 Å². The van der Waals surface area contributed by atoms with Crippen molar-refractivity contribution in [1.82, 2.24) is 0 Å². The quantitative estimate of drug-likeness (QED) is 0.320. The fourth-order valence-electron chi connectivity index (χ4n) is 3.83. The number of hydroxylamine groups is 2. The van der Waals surface area contributed by atoms with E-state index in [4.69, 9.17) is 0 Å². The number of rotatable bonds is 11. The van der Waals surface area contributed by atoms with Crippen molar-refractivity contribution in [2.24, 2.45) is 0 Å². The van der Waals surface area contributed by atoms with E-state index in [1.54, 1.807) is 79.7 Å². The molecular weight excluding hydrogens is 454 g/mol. The van der Waals surface area contributed by atoms with Gasteiger partial charge in [-0.25, -0.2) is 18.9 Å². The number of hydrogen-bond acceptors (Lipinski definition) is 6. The lowest BCUT2D eigenvalue weighted by molar-refractivity contribution is -1.08. The largest absolute Gasteiger partial charge is 0.599 e. The van der Waals surface area contributed by atoms with Crippen LogP contribution in [0, 0.1) is 12.1 Å². The zero-order chi connectivity index (χ0) is 24.8. The molecule has 0 saturated heterocycles. The first kappa shape index (κ1) is 25.5. The zero-order valence-corrected chi connectivity index (χ0v) is 19.6. The van der Waals surface area contributed by atoms with Gasteiger partial charge in [0.25, 0.3) is 0 Å². The van der Waals surface area contributed by atoms with Gasteiger partial charge in [-0.2, -0.15) is 0 Å². The summed E-state index contributed by atoms with van der Waals surface area (Å²) < 4.78 is 27.4. The lowest BCUT2D eigenvalue weighted by Crippen LogP contribution is -3.15. The Labute approximate surface area is 199 Å². The van der Waals surface area contributed by atoms with Crippen LogP contribution in [0.3, 0.4) is 0 Å². The average molecular weight is 482 g/mol. The minimum atomic E-state index is -4.44. The van der Waals surface area contributed by atoms with E-state index < -0.39 is 32.8 Å². The van der Waals surface area contributed by atoms with Gasteiger partial charge in [-0.3, -0.25) is 9.59 Å². The van der Waals surface area contributed by atoms with E-state index in [2.05, 4.69) is 0 Å². The van der Waals surface area contributed by atoms with E-state index >= 15 is 0 Å². The molecule has 34 heavy (non-hydrogen) atoms. The van der Waals surface area contributed by atoms with Gasteiger partial charge in [0, 0.05) is 36.8 Å². The molecule has 0 heterocycles. The summed E-state index contributed by atoms with van der Waals surface area (Å²) in [6.45, 7) is 1.79. The second kappa shape index (κ2) is 10.8. The van der Waals surface area contributed by atoms with Gasteiger partial charge in [0.1, 0.15) is 0 Å². The molecule has 1 atom stereocenters. The Kier molecular flexibility index (Phi) is 8.11. The summed E-state index contributed by atoms with van der Waals surface area (Å²) in [6, 6.07) is 22.5. The molecule has 0 aromatic heterocycles. The lowest BCUT2D eigenvalue weighted by Gasteiger charge is -2.37. The van der Waals surface area contributed by atoms with Gasteiger partial charge in [0.15, 0.2) is 11.6 Å². The molecule has 0 amide bonds. The van der Waals surface area contributed by atoms with Crippen molar-refractivity contribution in [3.8, 4) is 0 Å². The number of Topliss-reactive ketones (excluding diaryl/α,β-unsaturated/α-hetero) is 2. The standard InChI is InChI=1S/C26H27NO6S/c1-20-12-14-23(15-13-20)34(32,33)26(27(30)31,18-16-24(28)21-8-4-2-5-9-21)19-17-25(29)22-10-6-3-7-11-22/h2-15,27,30H,16-19H2,1H3. The zero-order valence-electron chi connectivity index (χ0n) is 18.8. The third kappa shape index (κ3) is 5.48. The molecule has 3 rings (SSSR count). The van der Waals surface area contributed by atoms with Crippen LogP contribution in [-0.4, -0.2) is 30.1 Å². The van der Waals surface area contributed by atoms with Gasteiger partial charge in [-0.1, -0.05) is 78.4 Å². The predicted octanol–water partition coefficient (Wildman–Crippen LogP) is 3.56. The maximum atomic E-state index is 13.7. The molecule has 0 aliphatic carbocycles. The van der Waals surface area contributed by atoms with Crippen molar-refractivity contribution in [1.29, 1.82) is 0 Å². The number of hydrogen-bond donors (Lipinski definition) is 2. The van der Waals surface area contributed by atoms with Crippen molar-refractivity contribution in [3.05, 3.63) is 107 Å². The molecule has 0 aliphatic heterocycles. The van der Waals surface area contributed by atoms with E-state index in [1.165, 1.54) is 12.1 Å². The first-order valence-corrected chi connectivity index (χ1v) is 12.4. The van der Waals surface area contributed by atoms with Crippen molar-refractivity contribution in [2.75, 3.05) is 0 Å². The van der Waals surface area contributed by atoms with Crippen molar-refractivity contribution in [3.63, 3.8) is 0 Å². The Balaban J connectivity index is 1.97. The summed E-state index contributed by atoms with van der Waals surface area (Å²) in [5.41, 5.74) is 1.56. The highest BCUT2D eigenvalue weighted by Gasteiger charge is 2.51. The van der Waals surface area contributed by atoms with Gasteiger partial charge in [-0.15, -0.1) is 0 Å². The van der Waals surface area contributed by atoms with Crippen LogP contribution in [0.5, 0.6) is 0 Å². The summed E-state index contributed by atoms with van der Waals surface area (Å²) in [5.74, 6) is -0.723. The molecule has 0 fully saturated rings. The molecule has 3 aromatic rings. The molecular formula is C26H27NO6S. The number of carbonyl (C=O) groups is 2. The van der Waals surface area contributed by atoms with Gasteiger partial charge in [0.2, 0.25) is 14.7 Å². The van der Waals surface area contributed by atoms with E-state index in [1.807, 2.05) is 0 Å². The SMILES string of the molecule is Cc1ccc(S(=O)(=O)C(CCC(=O)c2ccccc2)(CCC(=O)c2ccccc2)[NH+]([O-])O)cc1. The molecule has 2 N–H and O–H groups in total. The molecule has 0 radical (unpaired) electrons. The summed E-state index contributed by atoms with van der Waals surface area (Å²) in [6.07, 6.45) is -1.48. The number of quaternary nitrogens is 1. The van der Waals surface area contributed by atoms with Crippen LogP contribution in [0.15, 0.2) is 89.8 Å². The summed E-state index contributed by atoms with van der Waals surface area (Å²) >= 11 is 0. The summed E-state index contributed by atoms with van der Waals surface area (Å²) in [4.78, 5) is 23.0. The number of carbonyl (C=O) groups excluding carboxylic acids is 2. The molecule has 3 aromatic carbocycles. The van der Waals surface area contributed by atoms with Crippen LogP contribution in [0.25, 0.3) is 0 Å². The molecule has 7 nitrogen and oxygen atoms in total. The van der Waals surface area contributed by atoms with Crippen LogP contribution in [0.1, 0.15) is 52.0 Å².